The molecule has 1 aliphatic heterocycles. The van der Waals surface area contributed by atoms with Crippen molar-refractivity contribution in [3.8, 4) is 0 Å². The molecule has 4 nitrogen and oxygen atoms in total. The molecule has 1 aromatic carbocycles. The van der Waals surface area contributed by atoms with Crippen LogP contribution in [0.5, 0.6) is 0 Å². The molecule has 3 N–H and O–H groups in total. The maximum Gasteiger partial charge on any atom is 0.221 e. The van der Waals surface area contributed by atoms with Crippen molar-refractivity contribution in [2.45, 2.75) is 57.5 Å². The topological polar surface area (TPSA) is 53.2 Å². The highest BCUT2D eigenvalue weighted by Crippen LogP contribution is 2.33. The van der Waals surface area contributed by atoms with Crippen molar-refractivity contribution in [2.75, 3.05) is 17.2 Å². The number of carbonyl (C=O) groups is 1. The first-order chi connectivity index (χ1) is 10.7. The molecule has 1 saturated carbocycles. The standard InChI is InChI=1S/C18H27N3O/c1-13(22)20-14-8-10-15(11-9-14)21-18-7-4-5-16(18)17-6-2-3-12-19-17/h8-11,16-19,21H,2-7,12H2,1H3,(H,20,22). The molecule has 1 aliphatic carbocycles. The second-order valence-electron chi connectivity index (χ2n) is 6.66. The van der Waals surface area contributed by atoms with Gasteiger partial charge in [-0.15, -0.1) is 0 Å². The van der Waals surface area contributed by atoms with Crippen LogP contribution < -0.4 is 16.0 Å². The number of nitrogens with one attached hydrogen (secondary N) is 3. The normalized spacial score (nSPS) is 28.3. The molecule has 1 saturated heterocycles. The predicted molar refractivity (Wildman–Crippen MR) is 91.1 cm³/mol. The molecule has 2 aliphatic rings. The molecule has 0 aromatic heterocycles. The van der Waals surface area contributed by atoms with E-state index in [1.807, 2.05) is 12.1 Å². The van der Waals surface area contributed by atoms with Gasteiger partial charge in [-0.1, -0.05) is 12.8 Å². The summed E-state index contributed by atoms with van der Waals surface area (Å²) in [7, 11) is 0. The lowest BCUT2D eigenvalue weighted by Gasteiger charge is -2.33. The second kappa shape index (κ2) is 7.14. The summed E-state index contributed by atoms with van der Waals surface area (Å²) in [5.74, 6) is 0.718. The van der Waals surface area contributed by atoms with Gasteiger partial charge in [-0.05, 0) is 62.4 Å². The molecule has 4 heteroatoms. The quantitative estimate of drug-likeness (QED) is 0.799. The lowest BCUT2D eigenvalue weighted by atomic mass is 9.88. The van der Waals surface area contributed by atoms with Gasteiger partial charge in [-0.3, -0.25) is 4.79 Å². The number of carbonyl (C=O) groups excluding carboxylic acids is 1. The highest BCUT2D eigenvalue weighted by Gasteiger charge is 2.34. The van der Waals surface area contributed by atoms with Crippen molar-refractivity contribution >= 4 is 17.3 Å². The van der Waals surface area contributed by atoms with Crippen LogP contribution in [-0.4, -0.2) is 24.5 Å². The third-order valence-electron chi connectivity index (χ3n) is 4.99. The van der Waals surface area contributed by atoms with E-state index in [0.29, 0.717) is 12.1 Å². The molecule has 1 heterocycles. The Labute approximate surface area is 133 Å². The Hall–Kier alpha value is -1.55. The Bertz CT molecular complexity index is 494. The lowest BCUT2D eigenvalue weighted by molar-refractivity contribution is -0.114. The van der Waals surface area contributed by atoms with Gasteiger partial charge in [0.2, 0.25) is 5.91 Å². The maximum absolute atomic E-state index is 11.1. The fourth-order valence-electron chi connectivity index (χ4n) is 3.96. The molecule has 1 amide bonds. The van der Waals surface area contributed by atoms with E-state index in [0.717, 1.165) is 17.3 Å². The summed E-state index contributed by atoms with van der Waals surface area (Å²) in [6.45, 7) is 2.71. The summed E-state index contributed by atoms with van der Waals surface area (Å²) >= 11 is 0. The molecule has 0 radical (unpaired) electrons. The van der Waals surface area contributed by atoms with Gasteiger partial charge in [0.05, 0.1) is 0 Å². The number of hydrogen-bond acceptors (Lipinski definition) is 3. The van der Waals surface area contributed by atoms with E-state index in [1.54, 1.807) is 0 Å². The van der Waals surface area contributed by atoms with Gasteiger partial charge in [-0.2, -0.15) is 0 Å². The molecule has 22 heavy (non-hydrogen) atoms. The third-order valence-corrected chi connectivity index (χ3v) is 4.99. The largest absolute Gasteiger partial charge is 0.382 e. The first kappa shape index (κ1) is 15.3. The third kappa shape index (κ3) is 3.80. The zero-order valence-electron chi connectivity index (χ0n) is 13.4. The lowest BCUT2D eigenvalue weighted by Crippen LogP contribution is -2.44. The maximum atomic E-state index is 11.1. The van der Waals surface area contributed by atoms with Crippen molar-refractivity contribution in [2.24, 2.45) is 5.92 Å². The van der Waals surface area contributed by atoms with Crippen LogP contribution in [0, 0.1) is 5.92 Å². The van der Waals surface area contributed by atoms with E-state index in [9.17, 15) is 4.79 Å². The van der Waals surface area contributed by atoms with Gasteiger partial charge in [0, 0.05) is 30.4 Å². The molecule has 0 spiro atoms. The minimum atomic E-state index is -0.0278. The van der Waals surface area contributed by atoms with E-state index >= 15 is 0 Å². The number of piperidine rings is 1. The summed E-state index contributed by atoms with van der Waals surface area (Å²) in [5.41, 5.74) is 2.01. The Morgan fingerprint density at radius 3 is 2.50 bits per heavy atom. The van der Waals surface area contributed by atoms with E-state index < -0.39 is 0 Å². The molecule has 3 rings (SSSR count). The van der Waals surface area contributed by atoms with E-state index in [2.05, 4.69) is 28.1 Å². The highest BCUT2D eigenvalue weighted by atomic mass is 16.1. The number of amides is 1. The Kier molecular flexibility index (Phi) is 4.98. The number of rotatable bonds is 4. The average Bonchev–Trinajstić information content (AvgIpc) is 2.98. The minimum absolute atomic E-state index is 0.0278. The van der Waals surface area contributed by atoms with Crippen LogP contribution >= 0.6 is 0 Å². The summed E-state index contributed by atoms with van der Waals surface area (Å²) in [6, 6.07) is 9.32. The summed E-state index contributed by atoms with van der Waals surface area (Å²) < 4.78 is 0. The van der Waals surface area contributed by atoms with E-state index in [4.69, 9.17) is 0 Å². The molecular weight excluding hydrogens is 274 g/mol. The minimum Gasteiger partial charge on any atom is -0.382 e. The van der Waals surface area contributed by atoms with Crippen molar-refractivity contribution in [3.63, 3.8) is 0 Å². The van der Waals surface area contributed by atoms with Crippen LogP contribution in [0.4, 0.5) is 11.4 Å². The van der Waals surface area contributed by atoms with Crippen LogP contribution in [0.3, 0.4) is 0 Å². The first-order valence-electron chi connectivity index (χ1n) is 8.60. The highest BCUT2D eigenvalue weighted by molar-refractivity contribution is 5.88. The monoisotopic (exact) mass is 301 g/mol. The number of hydrogen-bond donors (Lipinski definition) is 3. The zero-order chi connectivity index (χ0) is 15.4. The molecular formula is C18H27N3O. The van der Waals surface area contributed by atoms with E-state index in [-0.39, 0.29) is 5.91 Å². The Balaban J connectivity index is 1.60. The molecule has 3 atom stereocenters. The summed E-state index contributed by atoms with van der Waals surface area (Å²) in [6.07, 6.45) is 7.93. The van der Waals surface area contributed by atoms with Gasteiger partial charge in [0.25, 0.3) is 0 Å². The fourth-order valence-corrected chi connectivity index (χ4v) is 3.96. The van der Waals surface area contributed by atoms with Crippen molar-refractivity contribution in [3.05, 3.63) is 24.3 Å². The smallest absolute Gasteiger partial charge is 0.221 e. The molecule has 120 valence electrons. The Morgan fingerprint density at radius 2 is 1.82 bits per heavy atom. The van der Waals surface area contributed by atoms with Crippen LogP contribution in [0.25, 0.3) is 0 Å². The van der Waals surface area contributed by atoms with Gasteiger partial charge >= 0.3 is 0 Å². The van der Waals surface area contributed by atoms with Crippen molar-refractivity contribution < 1.29 is 4.79 Å². The van der Waals surface area contributed by atoms with Gasteiger partial charge in [0.15, 0.2) is 0 Å². The van der Waals surface area contributed by atoms with Crippen molar-refractivity contribution in [1.82, 2.24) is 5.32 Å². The molecule has 0 bridgehead atoms. The van der Waals surface area contributed by atoms with E-state index in [1.165, 1.54) is 52.0 Å². The molecule has 3 unspecified atom stereocenters. The predicted octanol–water partition coefficient (Wildman–Crippen LogP) is 3.37. The zero-order valence-corrected chi connectivity index (χ0v) is 13.4. The van der Waals surface area contributed by atoms with Gasteiger partial charge < -0.3 is 16.0 Å². The van der Waals surface area contributed by atoms with Gasteiger partial charge in [-0.25, -0.2) is 0 Å². The molecule has 2 fully saturated rings. The van der Waals surface area contributed by atoms with Crippen molar-refractivity contribution in [1.29, 1.82) is 0 Å². The first-order valence-corrected chi connectivity index (χ1v) is 8.60. The van der Waals surface area contributed by atoms with Crippen LogP contribution in [0.15, 0.2) is 24.3 Å². The molecule has 1 aromatic rings. The summed E-state index contributed by atoms with van der Waals surface area (Å²) in [5, 5.41) is 10.2. The average molecular weight is 301 g/mol. The SMILES string of the molecule is CC(=O)Nc1ccc(NC2CCCC2C2CCCCN2)cc1. The van der Waals surface area contributed by atoms with Gasteiger partial charge in [0.1, 0.15) is 0 Å². The number of anilines is 2. The van der Waals surface area contributed by atoms with Crippen LogP contribution in [0.2, 0.25) is 0 Å². The second-order valence-corrected chi connectivity index (χ2v) is 6.66. The summed E-state index contributed by atoms with van der Waals surface area (Å²) in [4.78, 5) is 11.1. The van der Waals surface area contributed by atoms with Crippen LogP contribution in [-0.2, 0) is 4.79 Å². The fraction of sp³-hybridized carbons (Fsp3) is 0.611. The van der Waals surface area contributed by atoms with Crippen LogP contribution in [0.1, 0.15) is 45.4 Å². The Morgan fingerprint density at radius 1 is 1.05 bits per heavy atom. The number of benzene rings is 1.